The van der Waals surface area contributed by atoms with Crippen molar-refractivity contribution in [1.29, 1.82) is 0 Å². The second-order valence-corrected chi connectivity index (χ2v) is 7.44. The van der Waals surface area contributed by atoms with Crippen LogP contribution >= 0.6 is 15.9 Å². The highest BCUT2D eigenvalue weighted by Gasteiger charge is 2.22. The van der Waals surface area contributed by atoms with Gasteiger partial charge >= 0.3 is 6.09 Å². The van der Waals surface area contributed by atoms with Gasteiger partial charge < -0.3 is 15.0 Å². The van der Waals surface area contributed by atoms with E-state index >= 15 is 0 Å². The predicted octanol–water partition coefficient (Wildman–Crippen LogP) is 3.59. The smallest absolute Gasteiger partial charge is 0.407 e. The molecule has 0 aliphatic carbocycles. The Kier molecular flexibility index (Phi) is 5.67. The predicted molar refractivity (Wildman–Crippen MR) is 91.1 cm³/mol. The third kappa shape index (κ3) is 5.48. The number of piperidine rings is 1. The van der Waals surface area contributed by atoms with E-state index in [0.717, 1.165) is 36.4 Å². The summed E-state index contributed by atoms with van der Waals surface area (Å²) in [5, 5.41) is 2.87. The first-order valence-corrected chi connectivity index (χ1v) is 8.47. The highest BCUT2D eigenvalue weighted by Crippen LogP contribution is 2.22. The van der Waals surface area contributed by atoms with Gasteiger partial charge in [0.25, 0.3) is 0 Å². The second-order valence-electron chi connectivity index (χ2n) is 6.63. The first-order chi connectivity index (χ1) is 10.3. The minimum Gasteiger partial charge on any atom is -0.444 e. The van der Waals surface area contributed by atoms with Crippen LogP contribution in [0.1, 0.15) is 33.6 Å². The van der Waals surface area contributed by atoms with E-state index in [9.17, 15) is 4.79 Å². The quantitative estimate of drug-likeness (QED) is 0.827. The van der Waals surface area contributed by atoms with Crippen LogP contribution in [0, 0.1) is 5.92 Å². The molecule has 1 aromatic heterocycles. The molecule has 1 saturated heterocycles. The lowest BCUT2D eigenvalue weighted by atomic mass is 9.97. The van der Waals surface area contributed by atoms with Crippen molar-refractivity contribution in [2.75, 3.05) is 24.5 Å². The molecule has 0 unspecified atom stereocenters. The Morgan fingerprint density at radius 1 is 1.41 bits per heavy atom. The molecule has 0 saturated carbocycles. The number of hydrogen-bond acceptors (Lipinski definition) is 4. The SMILES string of the molecule is CC(C)(C)OC(=O)NCC1CCN(c2cccc(Br)n2)CC1. The number of hydrogen-bond donors (Lipinski definition) is 1. The lowest BCUT2D eigenvalue weighted by Crippen LogP contribution is -2.40. The standard InChI is InChI=1S/C16H24BrN3O2/c1-16(2,3)22-15(21)18-11-12-7-9-20(10-8-12)14-6-4-5-13(17)19-14/h4-6,12H,7-11H2,1-3H3,(H,18,21). The summed E-state index contributed by atoms with van der Waals surface area (Å²) in [6.07, 6.45) is 1.76. The van der Waals surface area contributed by atoms with E-state index in [-0.39, 0.29) is 6.09 Å². The van der Waals surface area contributed by atoms with Crippen molar-refractivity contribution < 1.29 is 9.53 Å². The van der Waals surface area contributed by atoms with E-state index in [1.54, 1.807) is 0 Å². The number of amides is 1. The molecule has 1 aliphatic heterocycles. The zero-order valence-corrected chi connectivity index (χ0v) is 15.0. The first kappa shape index (κ1) is 17.1. The van der Waals surface area contributed by atoms with Crippen molar-refractivity contribution in [3.8, 4) is 0 Å². The minimum atomic E-state index is -0.445. The van der Waals surface area contributed by atoms with Gasteiger partial charge in [0.2, 0.25) is 0 Å². The normalized spacial score (nSPS) is 16.5. The molecular weight excluding hydrogens is 346 g/mol. The molecule has 1 fully saturated rings. The van der Waals surface area contributed by atoms with E-state index < -0.39 is 5.60 Å². The summed E-state index contributed by atoms with van der Waals surface area (Å²) in [6.45, 7) is 8.21. The zero-order chi connectivity index (χ0) is 16.2. The second kappa shape index (κ2) is 7.31. The molecule has 0 bridgehead atoms. The Bertz CT molecular complexity index is 508. The average molecular weight is 370 g/mol. The maximum Gasteiger partial charge on any atom is 0.407 e. The third-order valence-electron chi connectivity index (χ3n) is 3.57. The van der Waals surface area contributed by atoms with Crippen LogP contribution in [0.2, 0.25) is 0 Å². The fraction of sp³-hybridized carbons (Fsp3) is 0.625. The molecule has 0 atom stereocenters. The van der Waals surface area contributed by atoms with Crippen LogP contribution in [0.3, 0.4) is 0 Å². The van der Waals surface area contributed by atoms with Gasteiger partial charge in [0.05, 0.1) is 0 Å². The molecule has 122 valence electrons. The number of halogens is 1. The van der Waals surface area contributed by atoms with E-state index in [1.165, 1.54) is 0 Å². The summed E-state index contributed by atoms with van der Waals surface area (Å²) >= 11 is 3.41. The van der Waals surface area contributed by atoms with Gasteiger partial charge in [-0.25, -0.2) is 9.78 Å². The molecule has 1 aromatic rings. The molecule has 22 heavy (non-hydrogen) atoms. The van der Waals surface area contributed by atoms with Crippen LogP contribution in [0.15, 0.2) is 22.8 Å². The summed E-state index contributed by atoms with van der Waals surface area (Å²) in [7, 11) is 0. The van der Waals surface area contributed by atoms with Crippen molar-refractivity contribution in [2.45, 2.75) is 39.2 Å². The van der Waals surface area contributed by atoms with Crippen molar-refractivity contribution in [1.82, 2.24) is 10.3 Å². The molecule has 0 spiro atoms. The number of alkyl carbamates (subject to hydrolysis) is 1. The summed E-state index contributed by atoms with van der Waals surface area (Å²) in [5.74, 6) is 1.50. The number of rotatable bonds is 3. The van der Waals surface area contributed by atoms with Crippen LogP contribution in [-0.2, 0) is 4.74 Å². The number of anilines is 1. The Morgan fingerprint density at radius 2 is 2.09 bits per heavy atom. The highest BCUT2D eigenvalue weighted by molar-refractivity contribution is 9.10. The number of nitrogens with one attached hydrogen (secondary N) is 1. The third-order valence-corrected chi connectivity index (χ3v) is 4.01. The maximum atomic E-state index is 11.7. The van der Waals surface area contributed by atoms with Gasteiger partial charge in [0, 0.05) is 19.6 Å². The number of ether oxygens (including phenoxy) is 1. The molecule has 1 aliphatic rings. The lowest BCUT2D eigenvalue weighted by Gasteiger charge is -2.33. The van der Waals surface area contributed by atoms with Crippen molar-refractivity contribution in [3.05, 3.63) is 22.8 Å². The average Bonchev–Trinajstić information content (AvgIpc) is 2.44. The molecule has 2 rings (SSSR count). The number of nitrogens with zero attached hydrogens (tertiary/aromatic N) is 2. The Hall–Kier alpha value is -1.30. The number of pyridine rings is 1. The summed E-state index contributed by atoms with van der Waals surface area (Å²) in [6, 6.07) is 5.97. The van der Waals surface area contributed by atoms with Gasteiger partial charge in [0.15, 0.2) is 0 Å². The van der Waals surface area contributed by atoms with Crippen LogP contribution in [0.4, 0.5) is 10.6 Å². The van der Waals surface area contributed by atoms with Gasteiger partial charge in [-0.1, -0.05) is 6.07 Å². The van der Waals surface area contributed by atoms with Crippen molar-refractivity contribution >= 4 is 27.8 Å². The summed E-state index contributed by atoms with van der Waals surface area (Å²) in [4.78, 5) is 18.4. The Labute approximate surface area is 140 Å². The monoisotopic (exact) mass is 369 g/mol. The molecular formula is C16H24BrN3O2. The molecule has 2 heterocycles. The zero-order valence-electron chi connectivity index (χ0n) is 13.4. The van der Waals surface area contributed by atoms with Gasteiger partial charge in [-0.2, -0.15) is 0 Å². The van der Waals surface area contributed by atoms with E-state index in [0.29, 0.717) is 12.5 Å². The van der Waals surface area contributed by atoms with Crippen molar-refractivity contribution in [2.24, 2.45) is 5.92 Å². The lowest BCUT2D eigenvalue weighted by molar-refractivity contribution is 0.0517. The number of aromatic nitrogens is 1. The molecule has 0 radical (unpaired) electrons. The summed E-state index contributed by atoms with van der Waals surface area (Å²) in [5.41, 5.74) is -0.445. The molecule has 6 heteroatoms. The molecule has 5 nitrogen and oxygen atoms in total. The largest absolute Gasteiger partial charge is 0.444 e. The van der Waals surface area contributed by atoms with Crippen LogP contribution < -0.4 is 10.2 Å². The first-order valence-electron chi connectivity index (χ1n) is 7.68. The summed E-state index contributed by atoms with van der Waals surface area (Å²) < 4.78 is 6.12. The van der Waals surface area contributed by atoms with Crippen LogP contribution in [-0.4, -0.2) is 36.3 Å². The van der Waals surface area contributed by atoms with E-state index in [4.69, 9.17) is 4.74 Å². The van der Waals surface area contributed by atoms with Crippen LogP contribution in [0.5, 0.6) is 0 Å². The van der Waals surface area contributed by atoms with Gasteiger partial charge in [-0.15, -0.1) is 0 Å². The van der Waals surface area contributed by atoms with E-state index in [2.05, 4.69) is 31.1 Å². The molecule has 0 aromatic carbocycles. The number of carbonyl (C=O) groups is 1. The van der Waals surface area contributed by atoms with E-state index in [1.807, 2.05) is 39.0 Å². The van der Waals surface area contributed by atoms with Gasteiger partial charge in [-0.05, 0) is 67.6 Å². The maximum absolute atomic E-state index is 11.7. The fourth-order valence-corrected chi connectivity index (χ4v) is 2.82. The topological polar surface area (TPSA) is 54.5 Å². The fourth-order valence-electron chi connectivity index (χ4n) is 2.48. The van der Waals surface area contributed by atoms with Crippen LogP contribution in [0.25, 0.3) is 0 Å². The van der Waals surface area contributed by atoms with Gasteiger partial charge in [-0.3, -0.25) is 0 Å². The molecule has 1 amide bonds. The van der Waals surface area contributed by atoms with Crippen molar-refractivity contribution in [3.63, 3.8) is 0 Å². The van der Waals surface area contributed by atoms with Gasteiger partial charge in [0.1, 0.15) is 16.0 Å². The number of carbonyl (C=O) groups excluding carboxylic acids is 1. The minimum absolute atomic E-state index is 0.330. The highest BCUT2D eigenvalue weighted by atomic mass is 79.9. The Morgan fingerprint density at radius 3 is 2.68 bits per heavy atom. The Balaban J connectivity index is 1.74. The molecule has 1 N–H and O–H groups in total.